The molecule has 0 spiro atoms. The monoisotopic (exact) mass is 347 g/mol. The van der Waals surface area contributed by atoms with Crippen molar-refractivity contribution in [1.82, 2.24) is 0 Å². The number of halogens is 2. The average molecular weight is 349 g/mol. The fraction of sp³-hybridized carbons (Fsp3) is 0.500. The van der Waals surface area contributed by atoms with Gasteiger partial charge in [-0.2, -0.15) is 0 Å². The van der Waals surface area contributed by atoms with Gasteiger partial charge in [-0.3, -0.25) is 4.90 Å². The molecule has 0 heterocycles. The molecule has 0 aliphatic rings. The van der Waals surface area contributed by atoms with E-state index in [1.54, 1.807) is 11.0 Å². The fourth-order valence-corrected chi connectivity index (χ4v) is 2.33. The molecular weight excluding hydrogens is 330 g/mol. The van der Waals surface area contributed by atoms with Gasteiger partial charge >= 0.3 is 6.09 Å². The second-order valence-electron chi connectivity index (χ2n) is 5.23. The molecule has 19 heavy (non-hydrogen) atoms. The highest BCUT2D eigenvalue weighted by atomic mass is 79.9. The van der Waals surface area contributed by atoms with E-state index in [1.165, 1.54) is 0 Å². The molecule has 0 aliphatic carbocycles. The highest BCUT2D eigenvalue weighted by Gasteiger charge is 2.24. The summed E-state index contributed by atoms with van der Waals surface area (Å²) in [5.74, 6) is 0. The molecule has 0 bridgehead atoms. The minimum atomic E-state index is -0.523. The lowest BCUT2D eigenvalue weighted by molar-refractivity contribution is 0.0580. The zero-order valence-electron chi connectivity index (χ0n) is 11.7. The van der Waals surface area contributed by atoms with Crippen LogP contribution in [0.5, 0.6) is 0 Å². The van der Waals surface area contributed by atoms with Gasteiger partial charge in [0.05, 0.1) is 10.7 Å². The Bertz CT molecular complexity index is 457. The standard InChI is InChI=1S/C14H19BrClNO2/c1-5-8-17(13(18)19-14(2,3)4)12-7-6-10(15)9-11(12)16/h6-7,9H,5,8H2,1-4H3. The number of ether oxygens (including phenoxy) is 1. The molecular formula is C14H19BrClNO2. The summed E-state index contributed by atoms with van der Waals surface area (Å²) >= 11 is 9.55. The van der Waals surface area contributed by atoms with Crippen LogP contribution in [-0.2, 0) is 4.74 Å². The third-order valence-electron chi connectivity index (χ3n) is 2.26. The Labute approximate surface area is 128 Å². The molecule has 0 unspecified atom stereocenters. The number of benzene rings is 1. The van der Waals surface area contributed by atoms with E-state index in [4.69, 9.17) is 16.3 Å². The van der Waals surface area contributed by atoms with E-state index in [0.29, 0.717) is 17.3 Å². The SMILES string of the molecule is CCCN(C(=O)OC(C)(C)C)c1ccc(Br)cc1Cl. The van der Waals surface area contributed by atoms with Gasteiger partial charge in [-0.25, -0.2) is 4.79 Å². The molecule has 1 aromatic carbocycles. The van der Waals surface area contributed by atoms with Crippen LogP contribution in [0.1, 0.15) is 34.1 Å². The molecule has 1 amide bonds. The van der Waals surface area contributed by atoms with Gasteiger partial charge in [0, 0.05) is 11.0 Å². The van der Waals surface area contributed by atoms with Crippen molar-refractivity contribution in [3.63, 3.8) is 0 Å². The maximum Gasteiger partial charge on any atom is 0.414 e. The van der Waals surface area contributed by atoms with Crippen LogP contribution in [0.3, 0.4) is 0 Å². The molecule has 0 saturated heterocycles. The molecule has 3 nitrogen and oxygen atoms in total. The topological polar surface area (TPSA) is 29.5 Å². The van der Waals surface area contributed by atoms with E-state index in [1.807, 2.05) is 39.8 Å². The van der Waals surface area contributed by atoms with E-state index in [9.17, 15) is 4.79 Å². The summed E-state index contributed by atoms with van der Waals surface area (Å²) in [6.07, 6.45) is 0.449. The second-order valence-corrected chi connectivity index (χ2v) is 6.55. The molecule has 106 valence electrons. The Balaban J connectivity index is 3.03. The first-order chi connectivity index (χ1) is 8.74. The van der Waals surface area contributed by atoms with Crippen molar-refractivity contribution in [2.45, 2.75) is 39.7 Å². The summed E-state index contributed by atoms with van der Waals surface area (Å²) in [6, 6.07) is 5.43. The predicted octanol–water partition coefficient (Wildman–Crippen LogP) is 5.25. The van der Waals surface area contributed by atoms with Gasteiger partial charge in [0.2, 0.25) is 0 Å². The molecule has 5 heteroatoms. The molecule has 0 aromatic heterocycles. The van der Waals surface area contributed by atoms with E-state index in [-0.39, 0.29) is 6.09 Å². The Morgan fingerprint density at radius 1 is 1.42 bits per heavy atom. The first-order valence-electron chi connectivity index (χ1n) is 6.20. The predicted molar refractivity (Wildman–Crippen MR) is 83.0 cm³/mol. The second kappa shape index (κ2) is 6.62. The van der Waals surface area contributed by atoms with Gasteiger partial charge < -0.3 is 4.74 Å². The summed E-state index contributed by atoms with van der Waals surface area (Å²) in [5, 5.41) is 0.522. The molecule has 1 rings (SSSR count). The van der Waals surface area contributed by atoms with Crippen molar-refractivity contribution in [2.24, 2.45) is 0 Å². The summed E-state index contributed by atoms with van der Waals surface area (Å²) in [5.41, 5.74) is 0.145. The number of hydrogen-bond acceptors (Lipinski definition) is 2. The van der Waals surface area contributed by atoms with Gasteiger partial charge in [-0.15, -0.1) is 0 Å². The fourth-order valence-electron chi connectivity index (χ4n) is 1.55. The smallest absolute Gasteiger partial charge is 0.414 e. The Morgan fingerprint density at radius 3 is 2.53 bits per heavy atom. The summed E-state index contributed by atoms with van der Waals surface area (Å²) in [7, 11) is 0. The molecule has 0 saturated carbocycles. The van der Waals surface area contributed by atoms with Crippen molar-refractivity contribution >= 4 is 39.3 Å². The number of carbonyl (C=O) groups excluding carboxylic acids is 1. The average Bonchev–Trinajstić information content (AvgIpc) is 2.24. The lowest BCUT2D eigenvalue weighted by atomic mass is 10.2. The molecule has 1 aromatic rings. The maximum absolute atomic E-state index is 12.2. The third-order valence-corrected chi connectivity index (χ3v) is 3.06. The number of rotatable bonds is 3. The third kappa shape index (κ3) is 5.03. The number of anilines is 1. The summed E-state index contributed by atoms with van der Waals surface area (Å²) in [6.45, 7) is 8.11. The summed E-state index contributed by atoms with van der Waals surface area (Å²) in [4.78, 5) is 13.8. The summed E-state index contributed by atoms with van der Waals surface area (Å²) < 4.78 is 6.29. The van der Waals surface area contributed by atoms with Crippen molar-refractivity contribution in [3.8, 4) is 0 Å². The van der Waals surface area contributed by atoms with E-state index >= 15 is 0 Å². The van der Waals surface area contributed by atoms with Gasteiger partial charge in [-0.05, 0) is 45.4 Å². The van der Waals surface area contributed by atoms with Crippen molar-refractivity contribution in [1.29, 1.82) is 0 Å². The highest BCUT2D eigenvalue weighted by molar-refractivity contribution is 9.10. The van der Waals surface area contributed by atoms with Crippen molar-refractivity contribution in [3.05, 3.63) is 27.7 Å². The molecule has 0 fully saturated rings. The number of carbonyl (C=O) groups is 1. The van der Waals surface area contributed by atoms with E-state index in [0.717, 1.165) is 10.9 Å². The van der Waals surface area contributed by atoms with Crippen LogP contribution < -0.4 is 4.90 Å². The first kappa shape index (κ1) is 16.3. The Hall–Kier alpha value is -0.740. The Kier molecular flexibility index (Phi) is 5.68. The lowest BCUT2D eigenvalue weighted by Gasteiger charge is -2.27. The largest absolute Gasteiger partial charge is 0.443 e. The highest BCUT2D eigenvalue weighted by Crippen LogP contribution is 2.30. The van der Waals surface area contributed by atoms with Gasteiger partial charge in [0.25, 0.3) is 0 Å². The zero-order chi connectivity index (χ0) is 14.6. The lowest BCUT2D eigenvalue weighted by Crippen LogP contribution is -2.37. The van der Waals surface area contributed by atoms with Crippen LogP contribution in [0.25, 0.3) is 0 Å². The first-order valence-corrected chi connectivity index (χ1v) is 7.37. The zero-order valence-corrected chi connectivity index (χ0v) is 14.0. The van der Waals surface area contributed by atoms with Crippen LogP contribution in [0.4, 0.5) is 10.5 Å². The molecule has 0 N–H and O–H groups in total. The van der Waals surface area contributed by atoms with Crippen molar-refractivity contribution in [2.75, 3.05) is 11.4 Å². The van der Waals surface area contributed by atoms with Crippen LogP contribution in [0.15, 0.2) is 22.7 Å². The minimum Gasteiger partial charge on any atom is -0.443 e. The van der Waals surface area contributed by atoms with Crippen LogP contribution in [-0.4, -0.2) is 18.2 Å². The van der Waals surface area contributed by atoms with Crippen LogP contribution in [0, 0.1) is 0 Å². The van der Waals surface area contributed by atoms with Crippen LogP contribution >= 0.6 is 27.5 Å². The van der Waals surface area contributed by atoms with Gasteiger partial charge in [0.15, 0.2) is 0 Å². The van der Waals surface area contributed by atoms with E-state index < -0.39 is 5.60 Å². The number of nitrogens with zero attached hydrogens (tertiary/aromatic N) is 1. The Morgan fingerprint density at radius 2 is 2.05 bits per heavy atom. The quantitative estimate of drug-likeness (QED) is 0.746. The molecule has 0 radical (unpaired) electrons. The van der Waals surface area contributed by atoms with Crippen molar-refractivity contribution < 1.29 is 9.53 Å². The maximum atomic E-state index is 12.2. The molecule has 0 aliphatic heterocycles. The van der Waals surface area contributed by atoms with Crippen LogP contribution in [0.2, 0.25) is 5.02 Å². The molecule has 0 atom stereocenters. The van der Waals surface area contributed by atoms with Gasteiger partial charge in [0.1, 0.15) is 5.60 Å². The normalized spacial score (nSPS) is 11.3. The van der Waals surface area contributed by atoms with Gasteiger partial charge in [-0.1, -0.05) is 34.5 Å². The van der Waals surface area contributed by atoms with E-state index in [2.05, 4.69) is 15.9 Å². The number of amides is 1. The minimum absolute atomic E-state index is 0.376. The number of hydrogen-bond donors (Lipinski definition) is 0.